The van der Waals surface area contributed by atoms with Gasteiger partial charge in [-0.1, -0.05) is 0 Å². The molecule has 1 amide bonds. The lowest BCUT2D eigenvalue weighted by Gasteiger charge is -2.24. The SMILES string of the molecule is CCn1cc(C(=O)N(CC(=O)O)C(C)C)cn1. The van der Waals surface area contributed by atoms with Crippen molar-refractivity contribution in [3.05, 3.63) is 18.0 Å². The van der Waals surface area contributed by atoms with Gasteiger partial charge in [0.2, 0.25) is 0 Å². The van der Waals surface area contributed by atoms with Crippen molar-refractivity contribution in [2.24, 2.45) is 0 Å². The Bertz CT molecular complexity index is 412. The van der Waals surface area contributed by atoms with E-state index < -0.39 is 5.97 Å². The first kappa shape index (κ1) is 13.2. The molecule has 1 aromatic rings. The van der Waals surface area contributed by atoms with E-state index in [0.717, 1.165) is 0 Å². The number of nitrogens with zero attached hydrogens (tertiary/aromatic N) is 3. The molecule has 1 aromatic heterocycles. The number of aryl methyl sites for hydroxylation is 1. The average molecular weight is 239 g/mol. The summed E-state index contributed by atoms with van der Waals surface area (Å²) >= 11 is 0. The largest absolute Gasteiger partial charge is 0.480 e. The number of carbonyl (C=O) groups excluding carboxylic acids is 1. The van der Waals surface area contributed by atoms with Crippen LogP contribution in [0.5, 0.6) is 0 Å². The number of carbonyl (C=O) groups is 2. The monoisotopic (exact) mass is 239 g/mol. The summed E-state index contributed by atoms with van der Waals surface area (Å²) in [7, 11) is 0. The number of hydrogen-bond donors (Lipinski definition) is 1. The van der Waals surface area contributed by atoms with Crippen LogP contribution in [0.1, 0.15) is 31.1 Å². The van der Waals surface area contributed by atoms with Crippen LogP contribution in [0.2, 0.25) is 0 Å². The highest BCUT2D eigenvalue weighted by molar-refractivity contribution is 5.95. The molecule has 0 saturated heterocycles. The third-order valence-electron chi connectivity index (χ3n) is 2.39. The second kappa shape index (κ2) is 5.47. The van der Waals surface area contributed by atoms with Gasteiger partial charge in [-0.15, -0.1) is 0 Å². The number of aromatic nitrogens is 2. The van der Waals surface area contributed by atoms with Crippen molar-refractivity contribution in [3.8, 4) is 0 Å². The fraction of sp³-hybridized carbons (Fsp3) is 0.545. The van der Waals surface area contributed by atoms with Crippen LogP contribution >= 0.6 is 0 Å². The van der Waals surface area contributed by atoms with Crippen LogP contribution in [0.3, 0.4) is 0 Å². The van der Waals surface area contributed by atoms with Gasteiger partial charge >= 0.3 is 5.97 Å². The molecule has 0 aromatic carbocycles. The molecule has 0 aliphatic carbocycles. The fourth-order valence-electron chi connectivity index (χ4n) is 1.45. The molecule has 0 bridgehead atoms. The summed E-state index contributed by atoms with van der Waals surface area (Å²) in [6.45, 7) is 5.86. The molecule has 1 N–H and O–H groups in total. The molecular weight excluding hydrogens is 222 g/mol. The second-order valence-electron chi connectivity index (χ2n) is 4.01. The standard InChI is InChI=1S/C11H17N3O3/c1-4-13-6-9(5-12-13)11(17)14(8(2)3)7-10(15)16/h5-6,8H,4,7H2,1-3H3,(H,15,16). The van der Waals surface area contributed by atoms with E-state index in [0.29, 0.717) is 12.1 Å². The van der Waals surface area contributed by atoms with Crippen LogP contribution in [0.4, 0.5) is 0 Å². The molecule has 0 radical (unpaired) electrons. The number of aliphatic carboxylic acids is 1. The van der Waals surface area contributed by atoms with Crippen LogP contribution in [0.15, 0.2) is 12.4 Å². The first-order valence-corrected chi connectivity index (χ1v) is 5.51. The lowest BCUT2D eigenvalue weighted by molar-refractivity contribution is -0.138. The predicted octanol–water partition coefficient (Wildman–Crippen LogP) is 0.838. The molecule has 6 nitrogen and oxygen atoms in total. The Hall–Kier alpha value is -1.85. The van der Waals surface area contributed by atoms with E-state index in [-0.39, 0.29) is 18.5 Å². The van der Waals surface area contributed by atoms with Crippen molar-refractivity contribution in [2.75, 3.05) is 6.54 Å². The van der Waals surface area contributed by atoms with Gasteiger partial charge in [0.15, 0.2) is 0 Å². The second-order valence-corrected chi connectivity index (χ2v) is 4.01. The van der Waals surface area contributed by atoms with Crippen LogP contribution in [0, 0.1) is 0 Å². The number of amides is 1. The van der Waals surface area contributed by atoms with Gasteiger partial charge in [-0.25, -0.2) is 0 Å². The lowest BCUT2D eigenvalue weighted by atomic mass is 10.2. The molecule has 0 saturated carbocycles. The van der Waals surface area contributed by atoms with Crippen LogP contribution in [-0.4, -0.2) is 44.3 Å². The molecule has 0 atom stereocenters. The minimum absolute atomic E-state index is 0.163. The van der Waals surface area contributed by atoms with Crippen molar-refractivity contribution >= 4 is 11.9 Å². The average Bonchev–Trinajstić information content (AvgIpc) is 2.72. The first-order valence-electron chi connectivity index (χ1n) is 5.51. The fourth-order valence-corrected chi connectivity index (χ4v) is 1.45. The van der Waals surface area contributed by atoms with Gasteiger partial charge in [0.05, 0.1) is 11.8 Å². The molecule has 6 heteroatoms. The van der Waals surface area contributed by atoms with Gasteiger partial charge in [0.1, 0.15) is 6.54 Å². The number of carboxylic acid groups (broad SMARTS) is 1. The topological polar surface area (TPSA) is 75.4 Å². The van der Waals surface area contributed by atoms with Crippen molar-refractivity contribution in [1.29, 1.82) is 0 Å². The van der Waals surface area contributed by atoms with Crippen LogP contribution < -0.4 is 0 Å². The zero-order chi connectivity index (χ0) is 13.0. The maximum Gasteiger partial charge on any atom is 0.323 e. The zero-order valence-electron chi connectivity index (χ0n) is 10.3. The van der Waals surface area contributed by atoms with Crippen molar-refractivity contribution in [1.82, 2.24) is 14.7 Å². The Morgan fingerprint density at radius 2 is 2.18 bits per heavy atom. The van der Waals surface area contributed by atoms with Crippen LogP contribution in [0.25, 0.3) is 0 Å². The summed E-state index contributed by atoms with van der Waals surface area (Å²) in [4.78, 5) is 24.1. The maximum atomic E-state index is 12.1. The summed E-state index contributed by atoms with van der Waals surface area (Å²) in [6.07, 6.45) is 3.09. The predicted molar refractivity (Wildman–Crippen MR) is 61.7 cm³/mol. The van der Waals surface area contributed by atoms with E-state index in [2.05, 4.69) is 5.10 Å². The highest BCUT2D eigenvalue weighted by Gasteiger charge is 2.22. The molecule has 0 aliphatic heterocycles. The lowest BCUT2D eigenvalue weighted by Crippen LogP contribution is -2.40. The maximum absolute atomic E-state index is 12.1. The quantitative estimate of drug-likeness (QED) is 0.826. The molecule has 1 heterocycles. The summed E-state index contributed by atoms with van der Waals surface area (Å²) < 4.78 is 1.63. The minimum Gasteiger partial charge on any atom is -0.480 e. The van der Waals surface area contributed by atoms with E-state index in [1.54, 1.807) is 24.7 Å². The van der Waals surface area contributed by atoms with Gasteiger partial charge in [-0.2, -0.15) is 5.10 Å². The molecule has 17 heavy (non-hydrogen) atoms. The highest BCUT2D eigenvalue weighted by Crippen LogP contribution is 2.07. The van der Waals surface area contributed by atoms with E-state index in [1.165, 1.54) is 11.1 Å². The molecular formula is C11H17N3O3. The van der Waals surface area contributed by atoms with Crippen molar-refractivity contribution < 1.29 is 14.7 Å². The Labute approximate surface area is 99.8 Å². The van der Waals surface area contributed by atoms with E-state index in [4.69, 9.17) is 5.11 Å². The normalized spacial score (nSPS) is 10.6. The van der Waals surface area contributed by atoms with E-state index in [9.17, 15) is 9.59 Å². The third-order valence-corrected chi connectivity index (χ3v) is 2.39. The van der Waals surface area contributed by atoms with Gasteiger partial charge in [-0.05, 0) is 20.8 Å². The summed E-state index contributed by atoms with van der Waals surface area (Å²) in [5.41, 5.74) is 0.418. The Morgan fingerprint density at radius 3 is 2.59 bits per heavy atom. The minimum atomic E-state index is -1.02. The summed E-state index contributed by atoms with van der Waals surface area (Å²) in [6, 6.07) is -0.163. The van der Waals surface area contributed by atoms with Gasteiger partial charge in [0.25, 0.3) is 5.91 Å². The number of hydrogen-bond acceptors (Lipinski definition) is 3. The third kappa shape index (κ3) is 3.30. The highest BCUT2D eigenvalue weighted by atomic mass is 16.4. The Kier molecular flexibility index (Phi) is 4.25. The first-order chi connectivity index (χ1) is 7.95. The summed E-state index contributed by atoms with van der Waals surface area (Å²) in [5.74, 6) is -1.32. The molecule has 0 spiro atoms. The van der Waals surface area contributed by atoms with E-state index >= 15 is 0 Å². The molecule has 1 rings (SSSR count). The van der Waals surface area contributed by atoms with Crippen molar-refractivity contribution in [3.63, 3.8) is 0 Å². The number of carboxylic acids is 1. The zero-order valence-corrected chi connectivity index (χ0v) is 10.3. The molecule has 0 fully saturated rings. The molecule has 0 aliphatic rings. The number of rotatable bonds is 5. The van der Waals surface area contributed by atoms with Crippen molar-refractivity contribution in [2.45, 2.75) is 33.4 Å². The summed E-state index contributed by atoms with van der Waals surface area (Å²) in [5, 5.41) is 12.8. The molecule has 94 valence electrons. The Morgan fingerprint density at radius 1 is 1.53 bits per heavy atom. The van der Waals surface area contributed by atoms with Gasteiger partial charge < -0.3 is 10.0 Å². The Balaban J connectivity index is 2.87. The smallest absolute Gasteiger partial charge is 0.323 e. The van der Waals surface area contributed by atoms with E-state index in [1.807, 2.05) is 6.92 Å². The molecule has 0 unspecified atom stereocenters. The van der Waals surface area contributed by atoms with Gasteiger partial charge in [0, 0.05) is 18.8 Å². The van der Waals surface area contributed by atoms with Gasteiger partial charge in [-0.3, -0.25) is 14.3 Å². The van der Waals surface area contributed by atoms with Crippen LogP contribution in [-0.2, 0) is 11.3 Å².